The molecule has 0 aliphatic carbocycles. The van der Waals surface area contributed by atoms with E-state index in [0.29, 0.717) is 25.3 Å². The average molecular weight is 347 g/mol. The Kier molecular flexibility index (Phi) is 4.54. The van der Waals surface area contributed by atoms with Gasteiger partial charge in [0.15, 0.2) is 0 Å². The molecule has 1 aromatic carbocycles. The summed E-state index contributed by atoms with van der Waals surface area (Å²) in [6, 6.07) is 6.71. The van der Waals surface area contributed by atoms with Crippen molar-refractivity contribution < 1.29 is 18.7 Å². The maximum absolute atomic E-state index is 13.7. The number of halogens is 1. The summed E-state index contributed by atoms with van der Waals surface area (Å²) in [5, 5.41) is 0. The number of ether oxygens (including phenoxy) is 2. The molecule has 0 aromatic heterocycles. The molecule has 136 valence electrons. The Morgan fingerprint density at radius 1 is 1.28 bits per heavy atom. The summed E-state index contributed by atoms with van der Waals surface area (Å²) < 4.78 is 25.4. The molecular weight excluding hydrogens is 321 g/mol. The summed E-state index contributed by atoms with van der Waals surface area (Å²) >= 11 is 0. The number of carbonyl (C=O) groups is 1. The van der Waals surface area contributed by atoms with E-state index in [-0.39, 0.29) is 35.5 Å². The highest BCUT2D eigenvalue weighted by atomic mass is 19.1. The molecule has 3 aliphatic rings. The fourth-order valence-electron chi connectivity index (χ4n) is 4.56. The van der Waals surface area contributed by atoms with E-state index in [1.54, 1.807) is 12.1 Å². The zero-order valence-corrected chi connectivity index (χ0v) is 14.7. The van der Waals surface area contributed by atoms with Gasteiger partial charge in [0.05, 0.1) is 30.3 Å². The molecule has 0 unspecified atom stereocenters. The number of nitrogens with zero attached hydrogens (tertiary/aromatic N) is 1. The minimum absolute atomic E-state index is 0.0905. The predicted octanol–water partition coefficient (Wildman–Crippen LogP) is 3.29. The highest BCUT2D eigenvalue weighted by Crippen LogP contribution is 2.48. The predicted molar refractivity (Wildman–Crippen MR) is 91.4 cm³/mol. The number of likely N-dealkylation sites (tertiary alicyclic amines) is 1. The lowest BCUT2D eigenvalue weighted by atomic mass is 9.74. The molecule has 0 radical (unpaired) electrons. The van der Waals surface area contributed by atoms with Crippen molar-refractivity contribution in [3.63, 3.8) is 0 Å². The van der Waals surface area contributed by atoms with Crippen LogP contribution >= 0.6 is 0 Å². The molecule has 3 heterocycles. The third kappa shape index (κ3) is 3.20. The van der Waals surface area contributed by atoms with E-state index in [1.165, 1.54) is 6.07 Å². The summed E-state index contributed by atoms with van der Waals surface area (Å²) in [4.78, 5) is 15.0. The molecule has 25 heavy (non-hydrogen) atoms. The summed E-state index contributed by atoms with van der Waals surface area (Å²) in [5.74, 6) is 0.0200. The van der Waals surface area contributed by atoms with Gasteiger partial charge >= 0.3 is 0 Å². The second kappa shape index (κ2) is 6.69. The van der Waals surface area contributed by atoms with E-state index in [4.69, 9.17) is 9.47 Å². The Morgan fingerprint density at radius 2 is 2.04 bits per heavy atom. The van der Waals surface area contributed by atoms with Crippen molar-refractivity contribution in [3.8, 4) is 0 Å². The first kappa shape index (κ1) is 17.0. The molecule has 0 spiro atoms. The van der Waals surface area contributed by atoms with Crippen LogP contribution in [0.5, 0.6) is 0 Å². The first-order valence-electron chi connectivity index (χ1n) is 9.36. The minimum atomic E-state index is -0.343. The summed E-state index contributed by atoms with van der Waals surface area (Å²) in [6.45, 7) is 3.79. The number of amides is 1. The van der Waals surface area contributed by atoms with E-state index in [2.05, 4.69) is 6.92 Å². The summed E-state index contributed by atoms with van der Waals surface area (Å²) in [7, 11) is 0. The molecule has 2 bridgehead atoms. The minimum Gasteiger partial charge on any atom is -0.374 e. The van der Waals surface area contributed by atoms with Gasteiger partial charge in [-0.2, -0.15) is 0 Å². The van der Waals surface area contributed by atoms with Gasteiger partial charge in [0.25, 0.3) is 0 Å². The number of hydrogen-bond donors (Lipinski definition) is 0. The fourth-order valence-corrected chi connectivity index (χ4v) is 4.56. The number of benzene rings is 1. The summed E-state index contributed by atoms with van der Waals surface area (Å²) in [6.07, 6.45) is 5.05. The van der Waals surface area contributed by atoms with Crippen LogP contribution in [0, 0.1) is 11.2 Å². The largest absolute Gasteiger partial charge is 0.374 e. The lowest BCUT2D eigenvalue weighted by Gasteiger charge is -2.39. The smallest absolute Gasteiger partial charge is 0.231 e. The van der Waals surface area contributed by atoms with Crippen molar-refractivity contribution in [1.82, 2.24) is 4.90 Å². The maximum atomic E-state index is 13.7. The van der Waals surface area contributed by atoms with Crippen molar-refractivity contribution >= 4 is 5.91 Å². The Morgan fingerprint density at radius 3 is 2.68 bits per heavy atom. The molecule has 0 N–H and O–H groups in total. The third-order valence-corrected chi connectivity index (χ3v) is 6.12. The van der Waals surface area contributed by atoms with Crippen LogP contribution < -0.4 is 0 Å². The first-order chi connectivity index (χ1) is 12.1. The lowest BCUT2D eigenvalue weighted by molar-refractivity contribution is -0.147. The molecule has 3 saturated heterocycles. The van der Waals surface area contributed by atoms with Crippen LogP contribution in [0.25, 0.3) is 0 Å². The molecule has 5 heteroatoms. The van der Waals surface area contributed by atoms with Gasteiger partial charge in [0.2, 0.25) is 5.91 Å². The first-order valence-corrected chi connectivity index (χ1v) is 9.36. The van der Waals surface area contributed by atoms with E-state index in [9.17, 15) is 9.18 Å². The number of rotatable bonds is 4. The SMILES string of the molecule is C[C@@]1(C(=O)N2CCC(OCc3ccccc3F)CC2)C[C@H]2CC[C@H]1O2. The lowest BCUT2D eigenvalue weighted by Crippen LogP contribution is -2.50. The van der Waals surface area contributed by atoms with Crippen molar-refractivity contribution in [3.05, 3.63) is 35.6 Å². The normalized spacial score (nSPS) is 32.3. The van der Waals surface area contributed by atoms with Gasteiger partial charge in [-0.15, -0.1) is 0 Å². The average Bonchev–Trinajstić information content (AvgIpc) is 3.22. The zero-order chi connectivity index (χ0) is 17.4. The maximum Gasteiger partial charge on any atom is 0.231 e. The van der Waals surface area contributed by atoms with Crippen LogP contribution in [0.2, 0.25) is 0 Å². The standard InChI is InChI=1S/C20H26FNO3/c1-20(12-16-6-7-18(20)25-16)19(23)22-10-8-15(9-11-22)24-13-14-4-2-3-5-17(14)21/h2-5,15-16,18H,6-13H2,1H3/t16-,18-,20-/m1/s1. The molecule has 3 atom stereocenters. The summed E-state index contributed by atoms with van der Waals surface area (Å²) in [5.41, 5.74) is 0.247. The quantitative estimate of drug-likeness (QED) is 0.839. The van der Waals surface area contributed by atoms with E-state index < -0.39 is 0 Å². The van der Waals surface area contributed by atoms with Crippen LogP contribution in [0.15, 0.2) is 24.3 Å². The zero-order valence-electron chi connectivity index (χ0n) is 14.7. The monoisotopic (exact) mass is 347 g/mol. The van der Waals surface area contributed by atoms with Gasteiger partial charge in [0, 0.05) is 18.7 Å². The number of fused-ring (bicyclic) bond motifs is 2. The molecule has 4 rings (SSSR count). The van der Waals surface area contributed by atoms with Crippen LogP contribution in [0.1, 0.15) is 44.6 Å². The van der Waals surface area contributed by atoms with E-state index in [0.717, 1.165) is 32.1 Å². The van der Waals surface area contributed by atoms with Gasteiger partial charge in [-0.25, -0.2) is 4.39 Å². The molecular formula is C20H26FNO3. The van der Waals surface area contributed by atoms with E-state index >= 15 is 0 Å². The van der Waals surface area contributed by atoms with Crippen LogP contribution in [-0.2, 0) is 20.9 Å². The molecule has 1 aromatic rings. The molecule has 3 aliphatic heterocycles. The van der Waals surface area contributed by atoms with Crippen molar-refractivity contribution in [2.24, 2.45) is 5.41 Å². The Labute approximate surface area is 148 Å². The highest BCUT2D eigenvalue weighted by Gasteiger charge is 2.55. The fraction of sp³-hybridized carbons (Fsp3) is 0.650. The van der Waals surface area contributed by atoms with Gasteiger partial charge in [0.1, 0.15) is 5.82 Å². The Hall–Kier alpha value is -1.46. The van der Waals surface area contributed by atoms with Crippen LogP contribution in [0.4, 0.5) is 4.39 Å². The van der Waals surface area contributed by atoms with E-state index in [1.807, 2.05) is 11.0 Å². The Bertz CT molecular complexity index is 644. The molecule has 4 nitrogen and oxygen atoms in total. The molecule has 3 fully saturated rings. The molecule has 0 saturated carbocycles. The van der Waals surface area contributed by atoms with Crippen molar-refractivity contribution in [1.29, 1.82) is 0 Å². The van der Waals surface area contributed by atoms with Crippen molar-refractivity contribution in [2.75, 3.05) is 13.1 Å². The topological polar surface area (TPSA) is 38.8 Å². The van der Waals surface area contributed by atoms with Crippen molar-refractivity contribution in [2.45, 2.75) is 63.9 Å². The second-order valence-corrected chi connectivity index (χ2v) is 7.84. The number of piperidine rings is 1. The number of hydrogen-bond acceptors (Lipinski definition) is 3. The van der Waals surface area contributed by atoms with Gasteiger partial charge in [-0.3, -0.25) is 4.79 Å². The van der Waals surface area contributed by atoms with Crippen LogP contribution in [0.3, 0.4) is 0 Å². The molecule has 1 amide bonds. The van der Waals surface area contributed by atoms with Crippen LogP contribution in [-0.4, -0.2) is 42.2 Å². The van der Waals surface area contributed by atoms with Gasteiger partial charge < -0.3 is 14.4 Å². The Balaban J connectivity index is 1.28. The van der Waals surface area contributed by atoms with Gasteiger partial charge in [-0.1, -0.05) is 18.2 Å². The highest BCUT2D eigenvalue weighted by molar-refractivity contribution is 5.83. The second-order valence-electron chi connectivity index (χ2n) is 7.84. The third-order valence-electron chi connectivity index (χ3n) is 6.12. The van der Waals surface area contributed by atoms with Gasteiger partial charge in [-0.05, 0) is 45.1 Å². The number of carbonyl (C=O) groups excluding carboxylic acids is 1.